The summed E-state index contributed by atoms with van der Waals surface area (Å²) in [5.41, 5.74) is -1.14. The summed E-state index contributed by atoms with van der Waals surface area (Å²) in [5, 5.41) is 0. The number of Topliss-reactive ketones (excluding diaryl/α,β-unsaturated/α-hetero) is 1. The van der Waals surface area contributed by atoms with Crippen LogP contribution in [-0.2, 0) is 9.53 Å². The normalized spacial score (nSPS) is 24.3. The molecule has 4 nitrogen and oxygen atoms in total. The van der Waals surface area contributed by atoms with Crippen LogP contribution in [0.25, 0.3) is 0 Å². The number of rotatable bonds is 1. The standard InChI is InChI=1S/C13H19NO3/c1-6-10(15)13(5)7-8-14(9-13)11(16)17-12(2,3)4/h1H,7-9H2,2-5H3. The molecule has 1 amide bonds. The van der Waals surface area contributed by atoms with E-state index in [0.29, 0.717) is 19.5 Å². The first kappa shape index (κ1) is 13.6. The Kier molecular flexibility index (Phi) is 3.51. The fourth-order valence-electron chi connectivity index (χ4n) is 1.80. The lowest BCUT2D eigenvalue weighted by atomic mass is 9.85. The van der Waals surface area contributed by atoms with Crippen LogP contribution < -0.4 is 0 Å². The van der Waals surface area contributed by atoms with E-state index in [0.717, 1.165) is 0 Å². The Morgan fingerprint density at radius 3 is 2.47 bits per heavy atom. The highest BCUT2D eigenvalue weighted by atomic mass is 16.6. The Labute approximate surface area is 102 Å². The molecular formula is C13H19NO3. The second kappa shape index (κ2) is 4.40. The van der Waals surface area contributed by atoms with Crippen LogP contribution >= 0.6 is 0 Å². The molecule has 0 aromatic heterocycles. The van der Waals surface area contributed by atoms with E-state index in [4.69, 9.17) is 11.2 Å². The third kappa shape index (κ3) is 3.23. The van der Waals surface area contributed by atoms with Gasteiger partial charge in [0.05, 0.1) is 5.41 Å². The molecule has 17 heavy (non-hydrogen) atoms. The van der Waals surface area contributed by atoms with Crippen molar-refractivity contribution < 1.29 is 14.3 Å². The molecule has 0 radical (unpaired) electrons. The van der Waals surface area contributed by atoms with Crippen molar-refractivity contribution in [1.29, 1.82) is 0 Å². The first-order chi connectivity index (χ1) is 7.68. The monoisotopic (exact) mass is 237 g/mol. The summed E-state index contributed by atoms with van der Waals surface area (Å²) >= 11 is 0. The van der Waals surface area contributed by atoms with E-state index < -0.39 is 11.0 Å². The van der Waals surface area contributed by atoms with E-state index in [9.17, 15) is 9.59 Å². The van der Waals surface area contributed by atoms with Gasteiger partial charge in [-0.05, 0) is 40.0 Å². The van der Waals surface area contributed by atoms with Gasteiger partial charge in [-0.3, -0.25) is 4.79 Å². The lowest BCUT2D eigenvalue weighted by Gasteiger charge is -2.25. The summed E-state index contributed by atoms with van der Waals surface area (Å²) in [6.07, 6.45) is 5.34. The van der Waals surface area contributed by atoms with Crippen LogP contribution in [0.5, 0.6) is 0 Å². The fourth-order valence-corrected chi connectivity index (χ4v) is 1.80. The molecule has 1 saturated heterocycles. The Morgan fingerprint density at radius 1 is 1.41 bits per heavy atom. The number of hydrogen-bond donors (Lipinski definition) is 0. The van der Waals surface area contributed by atoms with Gasteiger partial charge in [0, 0.05) is 13.1 Å². The maximum absolute atomic E-state index is 11.8. The van der Waals surface area contributed by atoms with Crippen molar-refractivity contribution in [1.82, 2.24) is 4.90 Å². The van der Waals surface area contributed by atoms with Crippen molar-refractivity contribution in [2.75, 3.05) is 13.1 Å². The predicted molar refractivity (Wildman–Crippen MR) is 64.4 cm³/mol. The molecule has 4 heteroatoms. The van der Waals surface area contributed by atoms with Crippen LogP contribution in [0.3, 0.4) is 0 Å². The van der Waals surface area contributed by atoms with Gasteiger partial charge in [-0.1, -0.05) is 0 Å². The number of terminal acetylenes is 1. The molecular weight excluding hydrogens is 218 g/mol. The number of carbonyl (C=O) groups is 2. The number of hydrogen-bond acceptors (Lipinski definition) is 3. The van der Waals surface area contributed by atoms with Gasteiger partial charge < -0.3 is 9.64 Å². The SMILES string of the molecule is C#CC(=O)C1(C)CCN(C(=O)OC(C)(C)C)C1. The molecule has 94 valence electrons. The van der Waals surface area contributed by atoms with Gasteiger partial charge >= 0.3 is 6.09 Å². The van der Waals surface area contributed by atoms with Crippen LogP contribution in [-0.4, -0.2) is 35.5 Å². The van der Waals surface area contributed by atoms with Gasteiger partial charge in [0.25, 0.3) is 0 Å². The minimum atomic E-state index is -0.619. The van der Waals surface area contributed by atoms with Crippen molar-refractivity contribution in [2.45, 2.75) is 39.7 Å². The Balaban J connectivity index is 2.66. The topological polar surface area (TPSA) is 46.6 Å². The second-order valence-electron chi connectivity index (χ2n) is 5.69. The molecule has 1 aliphatic heterocycles. The number of carbonyl (C=O) groups excluding carboxylic acids is 2. The third-order valence-electron chi connectivity index (χ3n) is 2.80. The molecule has 0 N–H and O–H groups in total. The molecule has 1 aliphatic rings. The summed E-state index contributed by atoms with van der Waals surface area (Å²) < 4.78 is 5.25. The average molecular weight is 237 g/mol. The zero-order chi connectivity index (χ0) is 13.3. The average Bonchev–Trinajstić information content (AvgIpc) is 2.58. The number of nitrogens with zero attached hydrogens (tertiary/aromatic N) is 1. The summed E-state index contributed by atoms with van der Waals surface area (Å²) in [5.74, 6) is 1.89. The molecule has 1 rings (SSSR count). The van der Waals surface area contributed by atoms with E-state index in [1.165, 1.54) is 0 Å². The first-order valence-corrected chi connectivity index (χ1v) is 5.67. The fraction of sp³-hybridized carbons (Fsp3) is 0.692. The number of likely N-dealkylation sites (tertiary alicyclic amines) is 1. The van der Waals surface area contributed by atoms with Crippen LogP contribution in [0, 0.1) is 17.8 Å². The van der Waals surface area contributed by atoms with E-state index in [-0.39, 0.29) is 11.9 Å². The van der Waals surface area contributed by atoms with Gasteiger partial charge in [0.15, 0.2) is 0 Å². The maximum Gasteiger partial charge on any atom is 0.410 e. The van der Waals surface area contributed by atoms with Crippen LogP contribution in [0.2, 0.25) is 0 Å². The molecule has 0 aromatic carbocycles. The van der Waals surface area contributed by atoms with Gasteiger partial charge in [0.1, 0.15) is 5.60 Å². The minimum absolute atomic E-state index is 0.247. The number of amides is 1. The molecule has 0 aromatic rings. The Bertz CT molecular complexity index is 375. The quantitative estimate of drug-likeness (QED) is 0.516. The zero-order valence-electron chi connectivity index (χ0n) is 10.9. The largest absolute Gasteiger partial charge is 0.444 e. The summed E-state index contributed by atoms with van der Waals surface area (Å²) in [7, 11) is 0. The van der Waals surface area contributed by atoms with Crippen molar-refractivity contribution >= 4 is 11.9 Å². The molecule has 0 bridgehead atoms. The van der Waals surface area contributed by atoms with Crippen molar-refractivity contribution in [3.8, 4) is 12.3 Å². The van der Waals surface area contributed by atoms with E-state index in [1.807, 2.05) is 20.8 Å². The first-order valence-electron chi connectivity index (χ1n) is 5.67. The van der Waals surface area contributed by atoms with Gasteiger partial charge in [-0.2, -0.15) is 0 Å². The number of ketones is 1. The zero-order valence-corrected chi connectivity index (χ0v) is 10.9. The Hall–Kier alpha value is -1.50. The minimum Gasteiger partial charge on any atom is -0.444 e. The predicted octanol–water partition coefficient (Wildman–Crippen LogP) is 1.84. The second-order valence-corrected chi connectivity index (χ2v) is 5.69. The third-order valence-corrected chi connectivity index (χ3v) is 2.80. The lowest BCUT2D eigenvalue weighted by Crippen LogP contribution is -2.38. The highest BCUT2D eigenvalue weighted by Crippen LogP contribution is 2.31. The van der Waals surface area contributed by atoms with Crippen LogP contribution in [0.4, 0.5) is 4.79 Å². The lowest BCUT2D eigenvalue weighted by molar-refractivity contribution is -0.121. The molecule has 1 atom stereocenters. The maximum atomic E-state index is 11.8. The Morgan fingerprint density at radius 2 is 2.00 bits per heavy atom. The number of ether oxygens (including phenoxy) is 1. The molecule has 1 unspecified atom stereocenters. The molecule has 0 aliphatic carbocycles. The summed E-state index contributed by atoms with van der Waals surface area (Å²) in [6, 6.07) is 0. The summed E-state index contributed by atoms with van der Waals surface area (Å²) in [6.45, 7) is 8.08. The van der Waals surface area contributed by atoms with Gasteiger partial charge in [-0.15, -0.1) is 6.42 Å². The van der Waals surface area contributed by atoms with E-state index in [2.05, 4.69) is 5.92 Å². The van der Waals surface area contributed by atoms with Crippen LogP contribution in [0.1, 0.15) is 34.1 Å². The summed E-state index contributed by atoms with van der Waals surface area (Å²) in [4.78, 5) is 24.9. The van der Waals surface area contributed by atoms with Crippen molar-refractivity contribution in [3.63, 3.8) is 0 Å². The van der Waals surface area contributed by atoms with E-state index >= 15 is 0 Å². The van der Waals surface area contributed by atoms with Crippen molar-refractivity contribution in [2.24, 2.45) is 5.41 Å². The molecule has 0 saturated carbocycles. The van der Waals surface area contributed by atoms with Gasteiger partial charge in [0.2, 0.25) is 5.78 Å². The highest BCUT2D eigenvalue weighted by molar-refractivity contribution is 6.00. The molecule has 0 spiro atoms. The van der Waals surface area contributed by atoms with E-state index in [1.54, 1.807) is 11.8 Å². The van der Waals surface area contributed by atoms with Crippen molar-refractivity contribution in [3.05, 3.63) is 0 Å². The van der Waals surface area contributed by atoms with Crippen LogP contribution in [0.15, 0.2) is 0 Å². The molecule has 1 fully saturated rings. The molecule has 1 heterocycles. The smallest absolute Gasteiger partial charge is 0.410 e. The highest BCUT2D eigenvalue weighted by Gasteiger charge is 2.42. The van der Waals surface area contributed by atoms with Gasteiger partial charge in [-0.25, -0.2) is 4.79 Å².